The van der Waals surface area contributed by atoms with Gasteiger partial charge in [-0.25, -0.2) is 4.79 Å². The lowest BCUT2D eigenvalue weighted by Crippen LogP contribution is -2.19. The summed E-state index contributed by atoms with van der Waals surface area (Å²) in [5, 5.41) is 3.57. The van der Waals surface area contributed by atoms with E-state index in [0.29, 0.717) is 0 Å². The van der Waals surface area contributed by atoms with E-state index in [4.69, 9.17) is 11.6 Å². The minimum atomic E-state index is -3.98. The van der Waals surface area contributed by atoms with Crippen molar-refractivity contribution >= 4 is 33.3 Å². The quantitative estimate of drug-likeness (QED) is 0.861. The summed E-state index contributed by atoms with van der Waals surface area (Å²) < 4.78 is 32.8. The SMILES string of the molecule is COC(=O)c1ccccc1NS(=O)(=O)c1c(Cl)cnn1C. The molecule has 0 aliphatic carbocycles. The fraction of sp³-hybridized carbons (Fsp3) is 0.167. The molecular weight excluding hydrogens is 318 g/mol. The Balaban J connectivity index is 2.45. The number of hydrogen-bond acceptors (Lipinski definition) is 5. The van der Waals surface area contributed by atoms with Crippen LogP contribution in [0.15, 0.2) is 35.5 Å². The Kier molecular flexibility index (Phi) is 4.19. The zero-order chi connectivity index (χ0) is 15.6. The summed E-state index contributed by atoms with van der Waals surface area (Å²) in [6, 6.07) is 6.10. The predicted octanol–water partition coefficient (Wildman–Crippen LogP) is 1.66. The highest BCUT2D eigenvalue weighted by atomic mass is 35.5. The van der Waals surface area contributed by atoms with E-state index in [9.17, 15) is 13.2 Å². The average Bonchev–Trinajstić information content (AvgIpc) is 2.78. The third kappa shape index (κ3) is 3.01. The monoisotopic (exact) mass is 329 g/mol. The number of benzene rings is 1. The summed E-state index contributed by atoms with van der Waals surface area (Å²) in [6.07, 6.45) is 1.22. The van der Waals surface area contributed by atoms with Crippen molar-refractivity contribution in [3.05, 3.63) is 41.0 Å². The van der Waals surface area contributed by atoms with Gasteiger partial charge in [-0.1, -0.05) is 23.7 Å². The van der Waals surface area contributed by atoms with E-state index in [-0.39, 0.29) is 21.3 Å². The lowest BCUT2D eigenvalue weighted by atomic mass is 10.2. The van der Waals surface area contributed by atoms with Crippen LogP contribution in [0.1, 0.15) is 10.4 Å². The van der Waals surface area contributed by atoms with Crippen molar-refractivity contribution in [2.75, 3.05) is 11.8 Å². The van der Waals surface area contributed by atoms with Crippen molar-refractivity contribution in [1.29, 1.82) is 0 Å². The number of rotatable bonds is 4. The van der Waals surface area contributed by atoms with E-state index >= 15 is 0 Å². The van der Waals surface area contributed by atoms with Crippen LogP contribution in [0.4, 0.5) is 5.69 Å². The molecule has 0 atom stereocenters. The molecule has 2 aromatic rings. The number of carbonyl (C=O) groups excluding carboxylic acids is 1. The van der Waals surface area contributed by atoms with Crippen molar-refractivity contribution in [1.82, 2.24) is 9.78 Å². The lowest BCUT2D eigenvalue weighted by Gasteiger charge is -2.11. The third-order valence-electron chi connectivity index (χ3n) is 2.67. The second-order valence-electron chi connectivity index (χ2n) is 4.06. The van der Waals surface area contributed by atoms with E-state index in [0.717, 1.165) is 4.68 Å². The van der Waals surface area contributed by atoms with Gasteiger partial charge in [-0.2, -0.15) is 13.5 Å². The maximum atomic E-state index is 12.4. The molecule has 0 unspecified atom stereocenters. The second-order valence-corrected chi connectivity index (χ2v) is 6.07. The van der Waals surface area contributed by atoms with E-state index in [2.05, 4.69) is 14.6 Å². The third-order valence-corrected chi connectivity index (χ3v) is 4.54. The van der Waals surface area contributed by atoms with Crippen LogP contribution >= 0.6 is 11.6 Å². The fourth-order valence-corrected chi connectivity index (χ4v) is 3.49. The standard InChI is InChI=1S/C12H12ClN3O4S/c1-16-11(9(13)7-14-16)21(18,19)15-10-6-4-3-5-8(10)12(17)20-2/h3-7,15H,1-2H3. The van der Waals surface area contributed by atoms with Gasteiger partial charge >= 0.3 is 5.97 Å². The number of carbonyl (C=O) groups is 1. The van der Waals surface area contributed by atoms with E-state index < -0.39 is 16.0 Å². The van der Waals surface area contributed by atoms with Gasteiger partial charge in [-0.05, 0) is 12.1 Å². The van der Waals surface area contributed by atoms with Crippen molar-refractivity contribution in [2.45, 2.75) is 5.03 Å². The maximum absolute atomic E-state index is 12.4. The molecule has 2 rings (SSSR count). The summed E-state index contributed by atoms with van der Waals surface area (Å²) in [5.74, 6) is -0.649. The van der Waals surface area contributed by atoms with Gasteiger partial charge in [-0.3, -0.25) is 9.40 Å². The number of anilines is 1. The van der Waals surface area contributed by atoms with Crippen LogP contribution in [0, 0.1) is 0 Å². The number of aryl methyl sites for hydroxylation is 1. The molecule has 9 heteroatoms. The molecule has 1 aromatic heterocycles. The van der Waals surface area contributed by atoms with Crippen LogP contribution in [0.5, 0.6) is 0 Å². The Morgan fingerprint density at radius 3 is 2.62 bits per heavy atom. The number of esters is 1. The largest absolute Gasteiger partial charge is 0.465 e. The summed E-state index contributed by atoms with van der Waals surface area (Å²) in [4.78, 5) is 11.6. The number of ether oxygens (including phenoxy) is 1. The van der Waals surface area contributed by atoms with Crippen LogP contribution in [0.3, 0.4) is 0 Å². The smallest absolute Gasteiger partial charge is 0.339 e. The first-order valence-electron chi connectivity index (χ1n) is 5.74. The van der Waals surface area contributed by atoms with Crippen LogP contribution < -0.4 is 4.72 Å². The number of nitrogens with zero attached hydrogens (tertiary/aromatic N) is 2. The maximum Gasteiger partial charge on any atom is 0.339 e. The number of aromatic nitrogens is 2. The molecular formula is C12H12ClN3O4S. The van der Waals surface area contributed by atoms with Gasteiger partial charge in [0.2, 0.25) is 0 Å². The molecule has 0 aliphatic heterocycles. The van der Waals surface area contributed by atoms with Gasteiger partial charge in [0.05, 0.1) is 29.6 Å². The minimum Gasteiger partial charge on any atom is -0.465 e. The molecule has 112 valence electrons. The summed E-state index contributed by atoms with van der Waals surface area (Å²) in [5.41, 5.74) is 0.198. The molecule has 0 saturated heterocycles. The number of hydrogen-bond donors (Lipinski definition) is 1. The van der Waals surface area contributed by atoms with Gasteiger partial charge in [0.25, 0.3) is 10.0 Å². The molecule has 1 aromatic carbocycles. The summed E-state index contributed by atoms with van der Waals surface area (Å²) >= 11 is 5.83. The van der Waals surface area contributed by atoms with Gasteiger partial charge in [0.1, 0.15) is 0 Å². The molecule has 0 amide bonds. The van der Waals surface area contributed by atoms with E-state index in [1.165, 1.54) is 32.5 Å². The molecule has 1 N–H and O–H groups in total. The first-order chi connectivity index (χ1) is 9.86. The van der Waals surface area contributed by atoms with E-state index in [1.54, 1.807) is 12.1 Å². The number of sulfonamides is 1. The fourth-order valence-electron chi connectivity index (χ4n) is 1.75. The molecule has 21 heavy (non-hydrogen) atoms. The molecule has 0 aliphatic rings. The molecule has 0 bridgehead atoms. The Bertz CT molecular complexity index is 766. The van der Waals surface area contributed by atoms with Crippen LogP contribution in [-0.4, -0.2) is 31.3 Å². The Hall–Kier alpha value is -2.06. The molecule has 0 saturated carbocycles. The summed E-state index contributed by atoms with van der Waals surface area (Å²) in [7, 11) is -1.32. The first-order valence-corrected chi connectivity index (χ1v) is 7.60. The average molecular weight is 330 g/mol. The van der Waals surface area contributed by atoms with Crippen molar-refractivity contribution in [3.63, 3.8) is 0 Å². The Morgan fingerprint density at radius 1 is 1.38 bits per heavy atom. The molecule has 1 heterocycles. The molecule has 0 spiro atoms. The Morgan fingerprint density at radius 2 is 2.05 bits per heavy atom. The van der Waals surface area contributed by atoms with Crippen LogP contribution in [0.2, 0.25) is 5.02 Å². The van der Waals surface area contributed by atoms with Gasteiger partial charge < -0.3 is 4.74 Å². The van der Waals surface area contributed by atoms with Crippen molar-refractivity contribution < 1.29 is 17.9 Å². The number of nitrogens with one attached hydrogen (secondary N) is 1. The second kappa shape index (κ2) is 5.74. The van der Waals surface area contributed by atoms with Crippen molar-refractivity contribution in [2.24, 2.45) is 7.05 Å². The van der Waals surface area contributed by atoms with E-state index in [1.807, 2.05) is 0 Å². The van der Waals surface area contributed by atoms with Crippen LogP contribution in [-0.2, 0) is 21.8 Å². The highest BCUT2D eigenvalue weighted by molar-refractivity contribution is 7.92. The first kappa shape index (κ1) is 15.3. The van der Waals surface area contributed by atoms with Gasteiger partial charge in [0.15, 0.2) is 5.03 Å². The zero-order valence-electron chi connectivity index (χ0n) is 11.2. The highest BCUT2D eigenvalue weighted by Crippen LogP contribution is 2.24. The number of halogens is 1. The molecule has 7 nitrogen and oxygen atoms in total. The lowest BCUT2D eigenvalue weighted by molar-refractivity contribution is 0.0602. The highest BCUT2D eigenvalue weighted by Gasteiger charge is 2.24. The predicted molar refractivity (Wildman–Crippen MR) is 76.8 cm³/mol. The van der Waals surface area contributed by atoms with Crippen molar-refractivity contribution in [3.8, 4) is 0 Å². The molecule has 0 fully saturated rings. The number of methoxy groups -OCH3 is 1. The zero-order valence-corrected chi connectivity index (χ0v) is 12.8. The Labute approximate surface area is 126 Å². The van der Waals surface area contributed by atoms with Crippen LogP contribution in [0.25, 0.3) is 0 Å². The normalized spacial score (nSPS) is 11.2. The number of para-hydroxylation sites is 1. The summed E-state index contributed by atoms with van der Waals surface area (Å²) in [6.45, 7) is 0. The topological polar surface area (TPSA) is 90.3 Å². The molecule has 0 radical (unpaired) electrons. The van der Waals surface area contributed by atoms with Gasteiger partial charge in [-0.15, -0.1) is 0 Å². The minimum absolute atomic E-state index is 0.0134. The van der Waals surface area contributed by atoms with Gasteiger partial charge in [0, 0.05) is 7.05 Å².